The lowest BCUT2D eigenvalue weighted by molar-refractivity contribution is -0.123. The van der Waals surface area contributed by atoms with Crippen LogP contribution in [0.15, 0.2) is 24.3 Å². The molecule has 1 saturated carbocycles. The molecule has 1 aliphatic carbocycles. The van der Waals surface area contributed by atoms with Crippen LogP contribution in [0.2, 0.25) is 5.02 Å². The molecule has 1 aliphatic heterocycles. The van der Waals surface area contributed by atoms with E-state index in [9.17, 15) is 4.79 Å². The largest absolute Gasteiger partial charge is 0.379 e. The van der Waals surface area contributed by atoms with Crippen LogP contribution in [0.4, 0.5) is 0 Å². The molecule has 0 atom stereocenters. The molecule has 1 aromatic rings. The third-order valence-electron chi connectivity index (χ3n) is 4.39. The summed E-state index contributed by atoms with van der Waals surface area (Å²) in [7, 11) is 0. The van der Waals surface area contributed by atoms with Gasteiger partial charge in [-0.05, 0) is 24.5 Å². The number of carbonyl (C=O) groups excluding carboxylic acids is 1. The molecule has 0 radical (unpaired) electrons. The molecule has 0 spiro atoms. The summed E-state index contributed by atoms with van der Waals surface area (Å²) in [6.07, 6.45) is 1.78. The number of halogens is 1. The number of nitrogens with zero attached hydrogens (tertiary/aromatic N) is 1. The molecule has 1 amide bonds. The van der Waals surface area contributed by atoms with Crippen molar-refractivity contribution in [1.82, 2.24) is 10.2 Å². The Morgan fingerprint density at radius 1 is 1.29 bits per heavy atom. The van der Waals surface area contributed by atoms with Gasteiger partial charge in [-0.2, -0.15) is 0 Å². The van der Waals surface area contributed by atoms with E-state index >= 15 is 0 Å². The summed E-state index contributed by atoms with van der Waals surface area (Å²) in [6.45, 7) is 5.05. The average molecular weight is 309 g/mol. The van der Waals surface area contributed by atoms with Crippen LogP contribution in [0.25, 0.3) is 0 Å². The molecule has 21 heavy (non-hydrogen) atoms. The third-order valence-corrected chi connectivity index (χ3v) is 4.72. The number of rotatable bonds is 5. The Morgan fingerprint density at radius 3 is 2.67 bits per heavy atom. The minimum atomic E-state index is -0.386. The fourth-order valence-electron chi connectivity index (χ4n) is 2.91. The summed E-state index contributed by atoms with van der Waals surface area (Å²) in [4.78, 5) is 14.8. The highest BCUT2D eigenvalue weighted by molar-refractivity contribution is 6.31. The molecule has 5 heteroatoms. The number of hydrogen-bond donors (Lipinski definition) is 1. The Bertz CT molecular complexity index is 511. The first-order chi connectivity index (χ1) is 10.2. The van der Waals surface area contributed by atoms with Crippen LogP contribution in [0.5, 0.6) is 0 Å². The first-order valence-corrected chi connectivity index (χ1v) is 7.94. The Kier molecular flexibility index (Phi) is 4.48. The van der Waals surface area contributed by atoms with Gasteiger partial charge in [-0.25, -0.2) is 0 Å². The quantitative estimate of drug-likeness (QED) is 0.902. The summed E-state index contributed by atoms with van der Waals surface area (Å²) in [5, 5.41) is 3.77. The molecule has 1 heterocycles. The predicted octanol–water partition coefficient (Wildman–Crippen LogP) is 1.82. The highest BCUT2D eigenvalue weighted by atomic mass is 35.5. The molecule has 1 saturated heterocycles. The second-order valence-electron chi connectivity index (χ2n) is 5.77. The number of morpholine rings is 1. The first kappa shape index (κ1) is 14.8. The second-order valence-corrected chi connectivity index (χ2v) is 6.18. The minimum Gasteiger partial charge on any atom is -0.379 e. The van der Waals surface area contributed by atoms with Crippen LogP contribution in [-0.4, -0.2) is 50.2 Å². The van der Waals surface area contributed by atoms with Crippen LogP contribution in [0.1, 0.15) is 18.4 Å². The topological polar surface area (TPSA) is 41.6 Å². The molecule has 2 aliphatic rings. The molecule has 4 nitrogen and oxygen atoms in total. The maximum Gasteiger partial charge on any atom is 0.230 e. The molecule has 0 unspecified atom stereocenters. The van der Waals surface area contributed by atoms with E-state index in [0.29, 0.717) is 11.6 Å². The number of ether oxygens (including phenoxy) is 1. The van der Waals surface area contributed by atoms with Gasteiger partial charge in [0.2, 0.25) is 5.91 Å². The summed E-state index contributed by atoms with van der Waals surface area (Å²) >= 11 is 6.25. The van der Waals surface area contributed by atoms with Gasteiger partial charge >= 0.3 is 0 Å². The summed E-state index contributed by atoms with van der Waals surface area (Å²) in [5.41, 5.74) is 0.583. The fourth-order valence-corrected chi connectivity index (χ4v) is 3.23. The van der Waals surface area contributed by atoms with Crippen LogP contribution in [0, 0.1) is 0 Å². The average Bonchev–Trinajstić information content (AvgIpc) is 3.30. The van der Waals surface area contributed by atoms with Crippen molar-refractivity contribution in [3.05, 3.63) is 34.9 Å². The summed E-state index contributed by atoms with van der Waals surface area (Å²) in [6, 6.07) is 7.68. The number of benzene rings is 1. The number of hydrogen-bond acceptors (Lipinski definition) is 3. The smallest absolute Gasteiger partial charge is 0.230 e. The van der Waals surface area contributed by atoms with Crippen molar-refractivity contribution < 1.29 is 9.53 Å². The third kappa shape index (κ3) is 3.23. The zero-order valence-electron chi connectivity index (χ0n) is 12.1. The van der Waals surface area contributed by atoms with Gasteiger partial charge in [0.15, 0.2) is 0 Å². The zero-order valence-corrected chi connectivity index (χ0v) is 12.9. The van der Waals surface area contributed by atoms with Crippen LogP contribution in [-0.2, 0) is 14.9 Å². The lowest BCUT2D eigenvalue weighted by Gasteiger charge is -2.27. The Hall–Kier alpha value is -1.10. The van der Waals surface area contributed by atoms with E-state index in [1.165, 1.54) is 0 Å². The van der Waals surface area contributed by atoms with Crippen LogP contribution >= 0.6 is 11.6 Å². The Balaban J connectivity index is 1.54. The van der Waals surface area contributed by atoms with Gasteiger partial charge in [0.1, 0.15) is 0 Å². The van der Waals surface area contributed by atoms with Gasteiger partial charge in [-0.1, -0.05) is 29.8 Å². The van der Waals surface area contributed by atoms with E-state index in [0.717, 1.165) is 51.3 Å². The van der Waals surface area contributed by atoms with Crippen LogP contribution < -0.4 is 5.32 Å². The fraction of sp³-hybridized carbons (Fsp3) is 0.562. The van der Waals surface area contributed by atoms with Crippen molar-refractivity contribution in [2.45, 2.75) is 18.3 Å². The molecule has 1 aromatic carbocycles. The maximum absolute atomic E-state index is 12.5. The van der Waals surface area contributed by atoms with Crippen molar-refractivity contribution in [2.75, 3.05) is 39.4 Å². The number of carbonyl (C=O) groups is 1. The molecule has 2 fully saturated rings. The molecular formula is C16H21ClN2O2. The van der Waals surface area contributed by atoms with Gasteiger partial charge in [0.05, 0.1) is 18.6 Å². The van der Waals surface area contributed by atoms with E-state index in [-0.39, 0.29) is 11.3 Å². The van der Waals surface area contributed by atoms with E-state index in [1.807, 2.05) is 24.3 Å². The molecule has 0 aromatic heterocycles. The summed E-state index contributed by atoms with van der Waals surface area (Å²) < 4.78 is 5.32. The van der Waals surface area contributed by atoms with Gasteiger partial charge in [-0.15, -0.1) is 0 Å². The number of nitrogens with one attached hydrogen (secondary N) is 1. The van der Waals surface area contributed by atoms with E-state index < -0.39 is 0 Å². The molecular weight excluding hydrogens is 288 g/mol. The molecule has 0 bridgehead atoms. The lowest BCUT2D eigenvalue weighted by atomic mass is 9.95. The van der Waals surface area contributed by atoms with Crippen molar-refractivity contribution in [1.29, 1.82) is 0 Å². The Morgan fingerprint density at radius 2 is 2.00 bits per heavy atom. The lowest BCUT2D eigenvalue weighted by Crippen LogP contribution is -2.43. The summed E-state index contributed by atoms with van der Waals surface area (Å²) in [5.74, 6) is 0.115. The second kappa shape index (κ2) is 6.34. The van der Waals surface area contributed by atoms with E-state index in [4.69, 9.17) is 16.3 Å². The highest BCUT2D eigenvalue weighted by Crippen LogP contribution is 2.50. The molecule has 114 valence electrons. The minimum absolute atomic E-state index is 0.115. The molecule has 3 rings (SSSR count). The van der Waals surface area contributed by atoms with Crippen molar-refractivity contribution in [2.24, 2.45) is 0 Å². The zero-order chi connectivity index (χ0) is 14.7. The van der Waals surface area contributed by atoms with Crippen molar-refractivity contribution >= 4 is 17.5 Å². The SMILES string of the molecule is O=C(NCCN1CCOCC1)C1(c2ccccc2Cl)CC1. The van der Waals surface area contributed by atoms with Gasteiger partial charge in [0.25, 0.3) is 0 Å². The van der Waals surface area contributed by atoms with Crippen molar-refractivity contribution in [3.63, 3.8) is 0 Å². The predicted molar refractivity (Wildman–Crippen MR) is 82.6 cm³/mol. The van der Waals surface area contributed by atoms with Gasteiger partial charge in [-0.3, -0.25) is 9.69 Å². The maximum atomic E-state index is 12.5. The van der Waals surface area contributed by atoms with Gasteiger partial charge < -0.3 is 10.1 Å². The standard InChI is InChI=1S/C16H21ClN2O2/c17-14-4-2-1-3-13(14)16(5-6-16)15(20)18-7-8-19-9-11-21-12-10-19/h1-4H,5-12H2,(H,18,20). The molecule has 1 N–H and O–H groups in total. The Labute approximate surface area is 130 Å². The number of amides is 1. The highest BCUT2D eigenvalue weighted by Gasteiger charge is 2.52. The van der Waals surface area contributed by atoms with Gasteiger partial charge in [0, 0.05) is 31.2 Å². The first-order valence-electron chi connectivity index (χ1n) is 7.56. The normalized spacial score (nSPS) is 21.0. The van der Waals surface area contributed by atoms with E-state index in [2.05, 4.69) is 10.2 Å². The van der Waals surface area contributed by atoms with E-state index in [1.54, 1.807) is 0 Å². The monoisotopic (exact) mass is 308 g/mol. The van der Waals surface area contributed by atoms with Crippen LogP contribution in [0.3, 0.4) is 0 Å². The van der Waals surface area contributed by atoms with Crippen molar-refractivity contribution in [3.8, 4) is 0 Å².